The fourth-order valence-corrected chi connectivity index (χ4v) is 2.30. The minimum atomic E-state index is 0.110. The Balaban J connectivity index is 2.15. The molecule has 1 heterocycles. The number of para-hydroxylation sites is 1. The molecule has 3 rings (SSSR count). The Morgan fingerprint density at radius 3 is 2.83 bits per heavy atom. The molecule has 0 spiro atoms. The van der Waals surface area contributed by atoms with Gasteiger partial charge in [-0.2, -0.15) is 0 Å². The molecule has 5 nitrogen and oxygen atoms in total. The molecule has 0 saturated carbocycles. The van der Waals surface area contributed by atoms with Gasteiger partial charge in [0.25, 0.3) is 0 Å². The van der Waals surface area contributed by atoms with E-state index >= 15 is 0 Å². The molecule has 0 fully saturated rings. The number of aromatic nitrogens is 2. The second-order valence-corrected chi connectivity index (χ2v) is 5.21. The molecule has 0 saturated heterocycles. The van der Waals surface area contributed by atoms with Gasteiger partial charge in [-0.3, -0.25) is 4.84 Å². The molecule has 0 radical (unpaired) electrons. The molecule has 0 aliphatic carbocycles. The summed E-state index contributed by atoms with van der Waals surface area (Å²) < 4.78 is 0. The predicted octanol–water partition coefficient (Wildman–Crippen LogP) is 4.19. The summed E-state index contributed by atoms with van der Waals surface area (Å²) in [5.74, 6) is 0.971. The maximum absolute atomic E-state index is 10.0. The summed E-state index contributed by atoms with van der Waals surface area (Å²) in [5, 5.41) is 11.3. The first-order valence-corrected chi connectivity index (χ1v) is 7.31. The third-order valence-corrected chi connectivity index (χ3v) is 3.41. The summed E-state index contributed by atoms with van der Waals surface area (Å²) in [4.78, 5) is 14.2. The number of nitrogens with one attached hydrogen (secondary N) is 1. The summed E-state index contributed by atoms with van der Waals surface area (Å²) in [6, 6.07) is 12.2. The van der Waals surface area contributed by atoms with Crippen LogP contribution in [0.15, 0.2) is 55.1 Å². The summed E-state index contributed by atoms with van der Waals surface area (Å²) in [5.41, 5.74) is 4.01. The molecule has 0 aliphatic rings. The number of rotatable bonds is 5. The maximum Gasteiger partial charge on any atom is 0.165 e. The van der Waals surface area contributed by atoms with Crippen LogP contribution in [0.1, 0.15) is 0 Å². The Labute approximate surface area is 138 Å². The van der Waals surface area contributed by atoms with Gasteiger partial charge in [0.2, 0.25) is 0 Å². The zero-order valence-corrected chi connectivity index (χ0v) is 12.9. The molecule has 6 heteroatoms. The lowest BCUT2D eigenvalue weighted by Gasteiger charge is -2.11. The van der Waals surface area contributed by atoms with Gasteiger partial charge in [-0.25, -0.2) is 15.4 Å². The van der Waals surface area contributed by atoms with E-state index in [4.69, 9.17) is 16.4 Å². The van der Waals surface area contributed by atoms with E-state index in [1.807, 2.05) is 6.07 Å². The highest BCUT2D eigenvalue weighted by Crippen LogP contribution is 2.31. The number of benzene rings is 2. The van der Waals surface area contributed by atoms with Gasteiger partial charge >= 0.3 is 0 Å². The Hall–Kier alpha value is -2.63. The van der Waals surface area contributed by atoms with Crippen molar-refractivity contribution in [3.63, 3.8) is 0 Å². The van der Waals surface area contributed by atoms with Crippen LogP contribution in [-0.4, -0.2) is 21.7 Å². The van der Waals surface area contributed by atoms with E-state index in [9.17, 15) is 5.11 Å². The first kappa shape index (κ1) is 15.3. The van der Waals surface area contributed by atoms with Crippen molar-refractivity contribution in [2.24, 2.45) is 0 Å². The SMILES string of the molecule is C=CCONc1nc(-c2ccccc2O)nc2ccc(Cl)cc12. The lowest BCUT2D eigenvalue weighted by atomic mass is 10.1. The van der Waals surface area contributed by atoms with Crippen molar-refractivity contribution < 1.29 is 9.94 Å². The summed E-state index contributed by atoms with van der Waals surface area (Å²) in [6.45, 7) is 3.91. The molecule has 0 amide bonds. The Kier molecular flexibility index (Phi) is 4.41. The molecule has 3 aromatic rings. The monoisotopic (exact) mass is 327 g/mol. The maximum atomic E-state index is 10.0. The van der Waals surface area contributed by atoms with Gasteiger partial charge in [-0.05, 0) is 30.3 Å². The molecule has 0 bridgehead atoms. The van der Waals surface area contributed by atoms with Crippen LogP contribution in [0.4, 0.5) is 5.82 Å². The molecule has 23 heavy (non-hydrogen) atoms. The van der Waals surface area contributed by atoms with Gasteiger partial charge in [-0.1, -0.05) is 29.8 Å². The minimum Gasteiger partial charge on any atom is -0.507 e. The number of hydrogen-bond acceptors (Lipinski definition) is 5. The number of fused-ring (bicyclic) bond motifs is 1. The van der Waals surface area contributed by atoms with E-state index in [2.05, 4.69) is 22.0 Å². The normalized spacial score (nSPS) is 10.7. The van der Waals surface area contributed by atoms with Crippen molar-refractivity contribution in [2.75, 3.05) is 12.1 Å². The number of hydrogen-bond donors (Lipinski definition) is 2. The smallest absolute Gasteiger partial charge is 0.165 e. The Bertz CT molecular complexity index is 868. The number of anilines is 1. The van der Waals surface area contributed by atoms with Gasteiger partial charge in [0, 0.05) is 10.4 Å². The third kappa shape index (κ3) is 3.26. The molecule has 2 aromatic carbocycles. The van der Waals surface area contributed by atoms with E-state index in [1.165, 1.54) is 0 Å². The Morgan fingerprint density at radius 2 is 2.04 bits per heavy atom. The molecule has 0 aliphatic heterocycles. The van der Waals surface area contributed by atoms with E-state index in [0.29, 0.717) is 34.4 Å². The van der Waals surface area contributed by atoms with E-state index in [1.54, 1.807) is 42.5 Å². The van der Waals surface area contributed by atoms with Gasteiger partial charge in [0.15, 0.2) is 11.6 Å². The number of aromatic hydroxyl groups is 1. The van der Waals surface area contributed by atoms with E-state index in [-0.39, 0.29) is 5.75 Å². The van der Waals surface area contributed by atoms with Crippen LogP contribution < -0.4 is 5.48 Å². The molecule has 0 atom stereocenters. The first-order valence-electron chi connectivity index (χ1n) is 6.93. The van der Waals surface area contributed by atoms with Gasteiger partial charge < -0.3 is 5.11 Å². The Morgan fingerprint density at radius 1 is 1.22 bits per heavy atom. The van der Waals surface area contributed by atoms with E-state index in [0.717, 1.165) is 5.39 Å². The molecular weight excluding hydrogens is 314 g/mol. The van der Waals surface area contributed by atoms with Crippen molar-refractivity contribution in [3.8, 4) is 17.1 Å². The van der Waals surface area contributed by atoms with Crippen molar-refractivity contribution in [1.29, 1.82) is 0 Å². The molecule has 2 N–H and O–H groups in total. The zero-order valence-electron chi connectivity index (χ0n) is 12.2. The largest absolute Gasteiger partial charge is 0.507 e. The summed E-state index contributed by atoms with van der Waals surface area (Å²) >= 11 is 6.05. The van der Waals surface area contributed by atoms with Crippen molar-refractivity contribution in [2.45, 2.75) is 0 Å². The second-order valence-electron chi connectivity index (χ2n) is 4.78. The minimum absolute atomic E-state index is 0.110. The van der Waals surface area contributed by atoms with Crippen LogP contribution in [0.3, 0.4) is 0 Å². The van der Waals surface area contributed by atoms with Crippen LogP contribution in [0.25, 0.3) is 22.3 Å². The third-order valence-electron chi connectivity index (χ3n) is 3.17. The van der Waals surface area contributed by atoms with Crippen LogP contribution >= 0.6 is 11.6 Å². The summed E-state index contributed by atoms with van der Waals surface area (Å²) in [7, 11) is 0. The van der Waals surface area contributed by atoms with Crippen LogP contribution in [0.5, 0.6) is 5.75 Å². The highest BCUT2D eigenvalue weighted by molar-refractivity contribution is 6.31. The van der Waals surface area contributed by atoms with Crippen molar-refractivity contribution in [1.82, 2.24) is 9.97 Å². The van der Waals surface area contributed by atoms with Gasteiger partial charge in [0.1, 0.15) is 5.75 Å². The average Bonchev–Trinajstić information content (AvgIpc) is 2.55. The fraction of sp³-hybridized carbons (Fsp3) is 0.0588. The van der Waals surface area contributed by atoms with Gasteiger partial charge in [0.05, 0.1) is 17.7 Å². The molecule has 1 aromatic heterocycles. The van der Waals surface area contributed by atoms with Crippen LogP contribution in [0, 0.1) is 0 Å². The topological polar surface area (TPSA) is 67.3 Å². The predicted molar refractivity (Wildman–Crippen MR) is 91.4 cm³/mol. The number of nitrogens with zero attached hydrogens (tertiary/aromatic N) is 2. The average molecular weight is 328 g/mol. The number of phenolic OH excluding ortho intramolecular Hbond substituents is 1. The number of phenols is 1. The van der Waals surface area contributed by atoms with Crippen molar-refractivity contribution in [3.05, 3.63) is 60.1 Å². The lowest BCUT2D eigenvalue weighted by molar-refractivity contribution is 0.227. The van der Waals surface area contributed by atoms with Crippen LogP contribution in [0.2, 0.25) is 5.02 Å². The fourth-order valence-electron chi connectivity index (χ4n) is 2.13. The molecular formula is C17H14ClN3O2. The van der Waals surface area contributed by atoms with Crippen molar-refractivity contribution >= 4 is 28.3 Å². The highest BCUT2D eigenvalue weighted by atomic mass is 35.5. The van der Waals surface area contributed by atoms with Gasteiger partial charge in [-0.15, -0.1) is 6.58 Å². The second kappa shape index (κ2) is 6.64. The molecule has 0 unspecified atom stereocenters. The highest BCUT2D eigenvalue weighted by Gasteiger charge is 2.12. The molecule has 116 valence electrons. The standard InChI is InChI=1S/C17H14ClN3O2/c1-2-9-23-21-17-13-10-11(18)7-8-14(13)19-16(20-17)12-5-3-4-6-15(12)22/h2-8,10,22H,1,9H2,(H,19,20,21). The zero-order chi connectivity index (χ0) is 16.2. The first-order chi connectivity index (χ1) is 11.2. The van der Waals surface area contributed by atoms with Crippen LogP contribution in [-0.2, 0) is 4.84 Å². The quantitative estimate of drug-likeness (QED) is 0.418. The summed E-state index contributed by atoms with van der Waals surface area (Å²) in [6.07, 6.45) is 1.62. The lowest BCUT2D eigenvalue weighted by Crippen LogP contribution is -2.05. The number of halogens is 1. The van der Waals surface area contributed by atoms with E-state index < -0.39 is 0 Å².